The number of hydrogen-bond acceptors (Lipinski definition) is 3. The zero-order chi connectivity index (χ0) is 15.2. The lowest BCUT2D eigenvalue weighted by molar-refractivity contribution is 0.0836. The van der Waals surface area contributed by atoms with Crippen molar-refractivity contribution in [1.82, 2.24) is 5.32 Å². The molecule has 0 spiro atoms. The van der Waals surface area contributed by atoms with E-state index in [0.717, 1.165) is 37.6 Å². The van der Waals surface area contributed by atoms with Gasteiger partial charge in [-0.25, -0.2) is 0 Å². The molecule has 0 fully saturated rings. The molecule has 0 saturated heterocycles. The van der Waals surface area contributed by atoms with Crippen molar-refractivity contribution in [2.24, 2.45) is 11.3 Å². The Bertz CT molecular complexity index is 388. The van der Waals surface area contributed by atoms with E-state index in [1.54, 1.807) is 0 Å². The Hall–Kier alpha value is -0.800. The fraction of sp³-hybridized carbons (Fsp3) is 0.765. The molecule has 0 radical (unpaired) electrons. The maximum atomic E-state index is 5.84. The third kappa shape index (κ3) is 7.11. The molecule has 3 heteroatoms. The number of aryl methyl sites for hydroxylation is 1. The van der Waals surface area contributed by atoms with Gasteiger partial charge in [0.1, 0.15) is 18.1 Å². The molecular weight excluding hydrogens is 250 g/mol. The van der Waals surface area contributed by atoms with Crippen LogP contribution in [0.5, 0.6) is 0 Å². The Kier molecular flexibility index (Phi) is 6.77. The van der Waals surface area contributed by atoms with Crippen LogP contribution in [0, 0.1) is 18.3 Å². The summed E-state index contributed by atoms with van der Waals surface area (Å²) in [6.45, 7) is 16.3. The van der Waals surface area contributed by atoms with Crippen molar-refractivity contribution in [3.8, 4) is 0 Å². The summed E-state index contributed by atoms with van der Waals surface area (Å²) in [5.41, 5.74) is 1.53. The van der Waals surface area contributed by atoms with Crippen LogP contribution in [0.3, 0.4) is 0 Å². The van der Waals surface area contributed by atoms with Crippen molar-refractivity contribution in [3.05, 3.63) is 23.2 Å². The predicted octanol–water partition coefficient (Wildman–Crippen LogP) is 4.29. The Morgan fingerprint density at radius 2 is 2.00 bits per heavy atom. The van der Waals surface area contributed by atoms with E-state index in [4.69, 9.17) is 9.15 Å². The number of ether oxygens (including phenoxy) is 1. The molecule has 0 aliphatic rings. The van der Waals surface area contributed by atoms with Gasteiger partial charge in [-0.15, -0.1) is 0 Å². The van der Waals surface area contributed by atoms with Crippen LogP contribution in [-0.2, 0) is 17.9 Å². The number of hydrogen-bond donors (Lipinski definition) is 1. The average molecular weight is 281 g/mol. The highest BCUT2D eigenvalue weighted by atomic mass is 16.5. The average Bonchev–Trinajstić information content (AvgIpc) is 2.64. The molecule has 0 saturated carbocycles. The zero-order valence-electron chi connectivity index (χ0n) is 14.0. The summed E-state index contributed by atoms with van der Waals surface area (Å²) in [6.07, 6.45) is 1.06. The van der Waals surface area contributed by atoms with E-state index in [1.807, 2.05) is 0 Å². The Morgan fingerprint density at radius 3 is 2.60 bits per heavy atom. The van der Waals surface area contributed by atoms with Crippen molar-refractivity contribution in [2.75, 3.05) is 13.2 Å². The van der Waals surface area contributed by atoms with Gasteiger partial charge in [0.05, 0.1) is 6.54 Å². The van der Waals surface area contributed by atoms with Crippen molar-refractivity contribution in [1.29, 1.82) is 0 Å². The quantitative estimate of drug-likeness (QED) is 0.722. The monoisotopic (exact) mass is 281 g/mol. The fourth-order valence-electron chi connectivity index (χ4n) is 1.86. The molecule has 20 heavy (non-hydrogen) atoms. The third-order valence-corrected chi connectivity index (χ3v) is 3.15. The Labute approximate surface area is 124 Å². The topological polar surface area (TPSA) is 34.4 Å². The van der Waals surface area contributed by atoms with Crippen molar-refractivity contribution in [3.63, 3.8) is 0 Å². The van der Waals surface area contributed by atoms with E-state index in [-0.39, 0.29) is 0 Å². The number of nitrogens with one attached hydrogen (secondary N) is 1. The summed E-state index contributed by atoms with van der Waals surface area (Å²) in [5.74, 6) is 2.61. The molecule has 116 valence electrons. The van der Waals surface area contributed by atoms with E-state index < -0.39 is 0 Å². The summed E-state index contributed by atoms with van der Waals surface area (Å²) >= 11 is 0. The molecule has 0 bridgehead atoms. The van der Waals surface area contributed by atoms with Crippen LogP contribution in [0.15, 0.2) is 10.5 Å². The fourth-order valence-corrected chi connectivity index (χ4v) is 1.86. The first-order valence-electron chi connectivity index (χ1n) is 7.64. The van der Waals surface area contributed by atoms with Crippen molar-refractivity contribution in [2.45, 2.75) is 61.1 Å². The molecule has 0 aliphatic heterocycles. The lowest BCUT2D eigenvalue weighted by atomic mass is 9.93. The summed E-state index contributed by atoms with van der Waals surface area (Å²) in [4.78, 5) is 0. The summed E-state index contributed by atoms with van der Waals surface area (Å²) < 4.78 is 11.5. The largest absolute Gasteiger partial charge is 0.462 e. The van der Waals surface area contributed by atoms with Gasteiger partial charge < -0.3 is 14.5 Å². The molecule has 1 aromatic rings. The first-order valence-corrected chi connectivity index (χ1v) is 7.64. The summed E-state index contributed by atoms with van der Waals surface area (Å²) in [5, 5.41) is 3.41. The van der Waals surface area contributed by atoms with Gasteiger partial charge in [0.15, 0.2) is 0 Å². The molecule has 1 rings (SSSR count). The maximum Gasteiger partial charge on any atom is 0.130 e. The minimum absolute atomic E-state index is 0.324. The second-order valence-electron chi connectivity index (χ2n) is 7.21. The molecule has 0 aromatic carbocycles. The van der Waals surface area contributed by atoms with Gasteiger partial charge in [0.2, 0.25) is 0 Å². The molecule has 0 aliphatic carbocycles. The zero-order valence-corrected chi connectivity index (χ0v) is 14.0. The highest BCUT2D eigenvalue weighted by molar-refractivity contribution is 5.19. The van der Waals surface area contributed by atoms with Crippen LogP contribution in [-0.4, -0.2) is 13.2 Å². The first-order chi connectivity index (χ1) is 9.28. The van der Waals surface area contributed by atoms with E-state index in [1.165, 1.54) is 5.56 Å². The second kappa shape index (κ2) is 7.84. The minimum Gasteiger partial charge on any atom is -0.462 e. The van der Waals surface area contributed by atoms with Crippen LogP contribution >= 0.6 is 0 Å². The second-order valence-corrected chi connectivity index (χ2v) is 7.21. The standard InChI is InChI=1S/C17H31NO2/c1-13(2)10-18-11-16-14(3)9-15(20-16)12-19-8-7-17(4,5)6/h9,13,18H,7-8,10-12H2,1-6H3. The van der Waals surface area contributed by atoms with Gasteiger partial charge in [0, 0.05) is 6.61 Å². The molecule has 0 unspecified atom stereocenters. The van der Waals surface area contributed by atoms with Gasteiger partial charge in [-0.05, 0) is 42.9 Å². The summed E-state index contributed by atoms with van der Waals surface area (Å²) in [7, 11) is 0. The molecule has 0 atom stereocenters. The van der Waals surface area contributed by atoms with Crippen molar-refractivity contribution < 1.29 is 9.15 Å². The number of furan rings is 1. The Morgan fingerprint density at radius 1 is 1.30 bits per heavy atom. The van der Waals surface area contributed by atoms with Gasteiger partial charge in [-0.1, -0.05) is 34.6 Å². The van der Waals surface area contributed by atoms with Crippen LogP contribution < -0.4 is 5.32 Å². The van der Waals surface area contributed by atoms with Gasteiger partial charge >= 0.3 is 0 Å². The third-order valence-electron chi connectivity index (χ3n) is 3.15. The molecule has 0 amide bonds. The maximum absolute atomic E-state index is 5.84. The van der Waals surface area contributed by atoms with E-state index in [9.17, 15) is 0 Å². The molecular formula is C17H31NO2. The number of rotatable bonds is 8. The molecule has 1 heterocycles. The van der Waals surface area contributed by atoms with Crippen LogP contribution in [0.25, 0.3) is 0 Å². The Balaban J connectivity index is 2.33. The SMILES string of the molecule is Cc1cc(COCCC(C)(C)C)oc1CNCC(C)C. The van der Waals surface area contributed by atoms with E-state index in [2.05, 4.69) is 52.9 Å². The smallest absolute Gasteiger partial charge is 0.130 e. The lowest BCUT2D eigenvalue weighted by Crippen LogP contribution is -2.18. The normalized spacial score (nSPS) is 12.3. The van der Waals surface area contributed by atoms with E-state index >= 15 is 0 Å². The molecule has 3 nitrogen and oxygen atoms in total. The lowest BCUT2D eigenvalue weighted by Gasteiger charge is -2.17. The first kappa shape index (κ1) is 17.3. The predicted molar refractivity (Wildman–Crippen MR) is 83.7 cm³/mol. The van der Waals surface area contributed by atoms with E-state index in [0.29, 0.717) is 17.9 Å². The van der Waals surface area contributed by atoms with Crippen LogP contribution in [0.2, 0.25) is 0 Å². The van der Waals surface area contributed by atoms with Gasteiger partial charge in [-0.3, -0.25) is 0 Å². The minimum atomic E-state index is 0.324. The van der Waals surface area contributed by atoms with Gasteiger partial charge in [0.25, 0.3) is 0 Å². The van der Waals surface area contributed by atoms with Crippen molar-refractivity contribution >= 4 is 0 Å². The van der Waals surface area contributed by atoms with Gasteiger partial charge in [-0.2, -0.15) is 0 Å². The highest BCUT2D eigenvalue weighted by Crippen LogP contribution is 2.19. The molecule has 1 N–H and O–H groups in total. The molecule has 1 aromatic heterocycles. The van der Waals surface area contributed by atoms with Crippen LogP contribution in [0.1, 0.15) is 58.1 Å². The summed E-state index contributed by atoms with van der Waals surface area (Å²) in [6, 6.07) is 2.09. The highest BCUT2D eigenvalue weighted by Gasteiger charge is 2.11. The van der Waals surface area contributed by atoms with Crippen LogP contribution in [0.4, 0.5) is 0 Å².